The number of amides is 1. The molecule has 138 valence electrons. The highest BCUT2D eigenvalue weighted by molar-refractivity contribution is 5.93. The summed E-state index contributed by atoms with van der Waals surface area (Å²) in [5, 5.41) is 8.61. The summed E-state index contributed by atoms with van der Waals surface area (Å²) >= 11 is 0. The molecule has 1 aliphatic carbocycles. The van der Waals surface area contributed by atoms with Gasteiger partial charge in [0, 0.05) is 32.2 Å². The fourth-order valence-electron chi connectivity index (χ4n) is 3.66. The van der Waals surface area contributed by atoms with Crippen molar-refractivity contribution >= 4 is 5.91 Å². The predicted octanol–water partition coefficient (Wildman–Crippen LogP) is 3.03. The van der Waals surface area contributed by atoms with Crippen molar-refractivity contribution in [1.82, 2.24) is 19.9 Å². The molecule has 6 heteroatoms. The first-order valence-electron chi connectivity index (χ1n) is 9.66. The van der Waals surface area contributed by atoms with Crippen molar-refractivity contribution < 1.29 is 9.53 Å². The molecular formula is C20H26N4O2. The Morgan fingerprint density at radius 2 is 1.88 bits per heavy atom. The van der Waals surface area contributed by atoms with Crippen LogP contribution in [0.1, 0.15) is 54.7 Å². The summed E-state index contributed by atoms with van der Waals surface area (Å²) in [6.45, 7) is 5.13. The third-order valence-corrected chi connectivity index (χ3v) is 5.33. The maximum absolute atomic E-state index is 13.1. The number of aromatic nitrogens is 3. The van der Waals surface area contributed by atoms with Crippen molar-refractivity contribution in [1.29, 1.82) is 0 Å². The topological polar surface area (TPSA) is 60.2 Å². The van der Waals surface area contributed by atoms with E-state index in [9.17, 15) is 4.79 Å². The maximum atomic E-state index is 13.1. The van der Waals surface area contributed by atoms with Crippen LogP contribution in [0.3, 0.4) is 0 Å². The Morgan fingerprint density at radius 3 is 2.54 bits per heavy atom. The lowest BCUT2D eigenvalue weighted by atomic mass is 9.97. The Morgan fingerprint density at radius 1 is 1.15 bits per heavy atom. The molecule has 1 aliphatic heterocycles. The van der Waals surface area contributed by atoms with Gasteiger partial charge in [-0.15, -0.1) is 5.10 Å². The van der Waals surface area contributed by atoms with Crippen LogP contribution in [0, 0.1) is 5.92 Å². The number of carbonyl (C=O) groups is 1. The number of nitrogens with zero attached hydrogens (tertiary/aromatic N) is 4. The van der Waals surface area contributed by atoms with Crippen molar-refractivity contribution in [3.05, 3.63) is 41.7 Å². The van der Waals surface area contributed by atoms with E-state index in [4.69, 9.17) is 4.74 Å². The number of rotatable bonds is 6. The van der Waals surface area contributed by atoms with E-state index in [1.165, 1.54) is 0 Å². The summed E-state index contributed by atoms with van der Waals surface area (Å²) < 4.78 is 7.39. The Hall–Kier alpha value is -2.21. The highest BCUT2D eigenvalue weighted by Crippen LogP contribution is 2.42. The number of likely N-dealkylation sites (tertiary alicyclic amines) is 1. The average molecular weight is 354 g/mol. The Bertz CT molecular complexity index is 746. The van der Waals surface area contributed by atoms with Crippen molar-refractivity contribution in [2.45, 2.75) is 38.5 Å². The second kappa shape index (κ2) is 7.58. The molecule has 2 aromatic rings. The van der Waals surface area contributed by atoms with Gasteiger partial charge in [0.15, 0.2) is 5.69 Å². The summed E-state index contributed by atoms with van der Waals surface area (Å²) in [6, 6.07) is 9.97. The second-order valence-electron chi connectivity index (χ2n) is 7.24. The molecule has 0 unspecified atom stereocenters. The van der Waals surface area contributed by atoms with Crippen LogP contribution in [0.25, 0.3) is 5.69 Å². The molecule has 2 heterocycles. The third kappa shape index (κ3) is 3.51. The smallest absolute Gasteiger partial charge is 0.276 e. The van der Waals surface area contributed by atoms with Crippen molar-refractivity contribution in [3.8, 4) is 5.69 Å². The van der Waals surface area contributed by atoms with Crippen LogP contribution in [-0.2, 0) is 4.74 Å². The molecule has 4 rings (SSSR count). The minimum atomic E-state index is 0.0314. The molecule has 1 aromatic heterocycles. The Balaban J connectivity index is 1.51. The van der Waals surface area contributed by atoms with E-state index in [1.54, 1.807) is 0 Å². The summed E-state index contributed by atoms with van der Waals surface area (Å²) in [6.07, 6.45) is 4.21. The third-order valence-electron chi connectivity index (χ3n) is 5.33. The fraction of sp³-hybridized carbons (Fsp3) is 0.550. The quantitative estimate of drug-likeness (QED) is 0.800. The van der Waals surface area contributed by atoms with Gasteiger partial charge in [0.05, 0.1) is 11.4 Å². The molecule has 1 saturated heterocycles. The zero-order valence-corrected chi connectivity index (χ0v) is 15.3. The molecule has 0 atom stereocenters. The van der Waals surface area contributed by atoms with Crippen molar-refractivity contribution in [2.75, 3.05) is 26.3 Å². The minimum absolute atomic E-state index is 0.0314. The van der Waals surface area contributed by atoms with Gasteiger partial charge < -0.3 is 9.64 Å². The number of hydrogen-bond donors (Lipinski definition) is 0. The molecule has 26 heavy (non-hydrogen) atoms. The first-order chi connectivity index (χ1) is 12.8. The second-order valence-corrected chi connectivity index (χ2v) is 7.24. The summed E-state index contributed by atoms with van der Waals surface area (Å²) in [7, 11) is 0. The van der Waals surface area contributed by atoms with Crippen LogP contribution in [0.15, 0.2) is 30.3 Å². The molecule has 1 saturated carbocycles. The van der Waals surface area contributed by atoms with Gasteiger partial charge in [-0.05, 0) is 50.7 Å². The van der Waals surface area contributed by atoms with E-state index in [0.29, 0.717) is 17.5 Å². The van der Waals surface area contributed by atoms with Crippen LogP contribution in [0.4, 0.5) is 0 Å². The standard InChI is InChI=1S/C20H26N4O2/c1-2-26-14-15-10-12-23(13-11-15)20(25)18-19(16-8-9-16)24(22-21-18)17-6-4-3-5-7-17/h3-7,15-16H,2,8-14H2,1H3. The average Bonchev–Trinajstić information content (AvgIpc) is 3.44. The lowest BCUT2D eigenvalue weighted by molar-refractivity contribution is 0.0546. The predicted molar refractivity (Wildman–Crippen MR) is 98.5 cm³/mol. The summed E-state index contributed by atoms with van der Waals surface area (Å²) in [4.78, 5) is 15.0. The van der Waals surface area contributed by atoms with Crippen molar-refractivity contribution in [3.63, 3.8) is 0 Å². The summed E-state index contributed by atoms with van der Waals surface area (Å²) in [5.41, 5.74) is 2.49. The van der Waals surface area contributed by atoms with E-state index in [0.717, 1.165) is 63.4 Å². The van der Waals surface area contributed by atoms with Crippen LogP contribution in [0.5, 0.6) is 0 Å². The molecule has 2 aliphatic rings. The zero-order valence-electron chi connectivity index (χ0n) is 15.3. The minimum Gasteiger partial charge on any atom is -0.381 e. The zero-order chi connectivity index (χ0) is 17.9. The molecule has 0 radical (unpaired) electrons. The van der Waals surface area contributed by atoms with Gasteiger partial charge in [0.1, 0.15) is 0 Å². The highest BCUT2D eigenvalue weighted by Gasteiger charge is 2.36. The van der Waals surface area contributed by atoms with Gasteiger partial charge in [-0.3, -0.25) is 4.79 Å². The first kappa shape index (κ1) is 17.2. The summed E-state index contributed by atoms with van der Waals surface area (Å²) in [5.74, 6) is 0.991. The first-order valence-corrected chi connectivity index (χ1v) is 9.66. The van der Waals surface area contributed by atoms with Gasteiger partial charge >= 0.3 is 0 Å². The number of para-hydroxylation sites is 1. The van der Waals surface area contributed by atoms with Crippen LogP contribution in [-0.4, -0.2) is 52.1 Å². The number of ether oxygens (including phenoxy) is 1. The molecule has 2 fully saturated rings. The van der Waals surface area contributed by atoms with E-state index in [1.807, 2.05) is 46.8 Å². The van der Waals surface area contributed by atoms with Gasteiger partial charge in [0.25, 0.3) is 5.91 Å². The van der Waals surface area contributed by atoms with E-state index >= 15 is 0 Å². The van der Waals surface area contributed by atoms with Gasteiger partial charge in [0.2, 0.25) is 0 Å². The number of carbonyl (C=O) groups excluding carboxylic acids is 1. The molecule has 6 nitrogen and oxygen atoms in total. The highest BCUT2D eigenvalue weighted by atomic mass is 16.5. The Labute approximate surface area is 154 Å². The van der Waals surface area contributed by atoms with Gasteiger partial charge in [-0.2, -0.15) is 0 Å². The number of piperidine rings is 1. The molecule has 1 aromatic carbocycles. The van der Waals surface area contributed by atoms with E-state index in [2.05, 4.69) is 10.3 Å². The normalized spacial score (nSPS) is 18.3. The molecule has 1 amide bonds. The lowest BCUT2D eigenvalue weighted by Crippen LogP contribution is -2.40. The lowest BCUT2D eigenvalue weighted by Gasteiger charge is -2.31. The number of hydrogen-bond acceptors (Lipinski definition) is 4. The van der Waals surface area contributed by atoms with Crippen LogP contribution in [0.2, 0.25) is 0 Å². The maximum Gasteiger partial charge on any atom is 0.276 e. The van der Waals surface area contributed by atoms with Crippen molar-refractivity contribution in [2.24, 2.45) is 5.92 Å². The fourth-order valence-corrected chi connectivity index (χ4v) is 3.66. The SMILES string of the molecule is CCOCC1CCN(C(=O)c2nnn(-c3ccccc3)c2C2CC2)CC1. The monoisotopic (exact) mass is 354 g/mol. The van der Waals surface area contributed by atoms with Crippen LogP contribution < -0.4 is 0 Å². The molecule has 0 N–H and O–H groups in total. The Kier molecular flexibility index (Phi) is 5.02. The molecule has 0 bridgehead atoms. The van der Waals surface area contributed by atoms with E-state index in [-0.39, 0.29) is 5.91 Å². The van der Waals surface area contributed by atoms with Crippen LogP contribution >= 0.6 is 0 Å². The number of benzene rings is 1. The molecule has 0 spiro atoms. The van der Waals surface area contributed by atoms with Gasteiger partial charge in [-0.25, -0.2) is 4.68 Å². The molecular weight excluding hydrogens is 328 g/mol. The van der Waals surface area contributed by atoms with Gasteiger partial charge in [-0.1, -0.05) is 23.4 Å². The van der Waals surface area contributed by atoms with E-state index < -0.39 is 0 Å². The largest absolute Gasteiger partial charge is 0.381 e.